The van der Waals surface area contributed by atoms with Gasteiger partial charge in [-0.2, -0.15) is 0 Å². The highest BCUT2D eigenvalue weighted by atomic mass is 16.5. The lowest BCUT2D eigenvalue weighted by Gasteiger charge is -2.19. The molecule has 0 radical (unpaired) electrons. The van der Waals surface area contributed by atoms with Crippen LogP contribution in [0.1, 0.15) is 17.5 Å². The number of hydrogen-bond acceptors (Lipinski definition) is 4. The van der Waals surface area contributed by atoms with E-state index in [0.717, 1.165) is 24.2 Å². The molecule has 14 heavy (non-hydrogen) atoms. The zero-order chi connectivity index (χ0) is 9.97. The number of aromatic hydroxyl groups is 1. The van der Waals surface area contributed by atoms with Crippen LogP contribution in [-0.4, -0.2) is 23.1 Å². The van der Waals surface area contributed by atoms with Crippen LogP contribution in [0.2, 0.25) is 0 Å². The number of fused-ring (bicyclic) bond motifs is 1. The maximum Gasteiger partial charge on any atom is 0.125 e. The summed E-state index contributed by atoms with van der Waals surface area (Å²) in [6, 6.07) is 3.28. The van der Waals surface area contributed by atoms with Gasteiger partial charge in [0.25, 0.3) is 0 Å². The second-order valence-corrected chi connectivity index (χ2v) is 3.17. The maximum atomic E-state index is 9.54. The third-order valence-electron chi connectivity index (χ3n) is 2.31. The first kappa shape index (κ1) is 8.87. The van der Waals surface area contributed by atoms with Crippen LogP contribution in [0, 0.1) is 0 Å². The summed E-state index contributed by atoms with van der Waals surface area (Å²) in [5.74, 6) is 0.885. The van der Waals surface area contributed by atoms with Gasteiger partial charge in [-0.1, -0.05) is 5.16 Å². The first-order valence-corrected chi connectivity index (χ1v) is 4.48. The van der Waals surface area contributed by atoms with E-state index in [2.05, 4.69) is 5.16 Å². The van der Waals surface area contributed by atoms with Crippen molar-refractivity contribution in [2.45, 2.75) is 12.8 Å². The van der Waals surface area contributed by atoms with Gasteiger partial charge in [0.15, 0.2) is 0 Å². The minimum atomic E-state index is 0.118. The first-order chi connectivity index (χ1) is 6.83. The Kier molecular flexibility index (Phi) is 2.26. The van der Waals surface area contributed by atoms with Gasteiger partial charge >= 0.3 is 0 Å². The van der Waals surface area contributed by atoms with E-state index in [4.69, 9.17) is 9.94 Å². The minimum absolute atomic E-state index is 0.118. The van der Waals surface area contributed by atoms with Crippen LogP contribution in [0.15, 0.2) is 17.3 Å². The molecule has 1 aromatic carbocycles. The monoisotopic (exact) mass is 193 g/mol. The van der Waals surface area contributed by atoms with Gasteiger partial charge in [-0.3, -0.25) is 0 Å². The highest BCUT2D eigenvalue weighted by Crippen LogP contribution is 2.32. The van der Waals surface area contributed by atoms with E-state index in [1.165, 1.54) is 6.21 Å². The average molecular weight is 193 g/mol. The van der Waals surface area contributed by atoms with Gasteiger partial charge in [0.2, 0.25) is 0 Å². The van der Waals surface area contributed by atoms with Crippen molar-refractivity contribution in [2.75, 3.05) is 6.61 Å². The maximum absolute atomic E-state index is 9.54. The van der Waals surface area contributed by atoms with E-state index in [1.807, 2.05) is 0 Å². The Morgan fingerprint density at radius 3 is 3.07 bits per heavy atom. The predicted molar refractivity (Wildman–Crippen MR) is 51.3 cm³/mol. The Balaban J connectivity index is 2.54. The molecule has 2 rings (SSSR count). The Labute approximate surface area is 81.4 Å². The smallest absolute Gasteiger partial charge is 0.125 e. The second kappa shape index (κ2) is 3.57. The summed E-state index contributed by atoms with van der Waals surface area (Å²) in [6.45, 7) is 0.702. The third-order valence-corrected chi connectivity index (χ3v) is 2.31. The van der Waals surface area contributed by atoms with Crippen molar-refractivity contribution < 1.29 is 15.1 Å². The third kappa shape index (κ3) is 1.39. The lowest BCUT2D eigenvalue weighted by Crippen LogP contribution is -2.10. The molecule has 0 saturated carbocycles. The summed E-state index contributed by atoms with van der Waals surface area (Å²) in [5, 5.41) is 20.9. The highest BCUT2D eigenvalue weighted by molar-refractivity contribution is 5.86. The predicted octanol–water partition coefficient (Wildman–Crippen LogP) is 1.53. The molecule has 0 atom stereocenters. The Morgan fingerprint density at radius 2 is 2.29 bits per heavy atom. The van der Waals surface area contributed by atoms with Gasteiger partial charge in [-0.25, -0.2) is 0 Å². The molecule has 4 heteroatoms. The molecule has 0 spiro atoms. The van der Waals surface area contributed by atoms with E-state index in [1.54, 1.807) is 12.1 Å². The quantitative estimate of drug-likeness (QED) is 0.404. The van der Waals surface area contributed by atoms with Crippen LogP contribution >= 0.6 is 0 Å². The molecule has 0 amide bonds. The van der Waals surface area contributed by atoms with Crippen LogP contribution in [0.25, 0.3) is 0 Å². The van der Waals surface area contributed by atoms with Gasteiger partial charge in [0.05, 0.1) is 12.8 Å². The SMILES string of the molecule is O/N=C/c1c(O)ccc2c1CCCO2. The van der Waals surface area contributed by atoms with Crippen molar-refractivity contribution in [3.8, 4) is 11.5 Å². The van der Waals surface area contributed by atoms with Gasteiger partial charge in [0, 0.05) is 11.1 Å². The van der Waals surface area contributed by atoms with Gasteiger partial charge in [0.1, 0.15) is 11.5 Å². The zero-order valence-corrected chi connectivity index (χ0v) is 7.60. The van der Waals surface area contributed by atoms with Crippen molar-refractivity contribution in [3.05, 3.63) is 23.3 Å². The number of phenols is 1. The highest BCUT2D eigenvalue weighted by Gasteiger charge is 2.16. The Morgan fingerprint density at radius 1 is 1.43 bits per heavy atom. The van der Waals surface area contributed by atoms with Crippen LogP contribution in [0.5, 0.6) is 11.5 Å². The summed E-state index contributed by atoms with van der Waals surface area (Å²) in [4.78, 5) is 0. The summed E-state index contributed by atoms with van der Waals surface area (Å²) in [5.41, 5.74) is 1.46. The van der Waals surface area contributed by atoms with Crippen molar-refractivity contribution in [2.24, 2.45) is 5.16 Å². The number of rotatable bonds is 1. The molecule has 0 saturated heterocycles. The summed E-state index contributed by atoms with van der Waals surface area (Å²) in [7, 11) is 0. The van der Waals surface area contributed by atoms with Gasteiger partial charge < -0.3 is 15.1 Å². The van der Waals surface area contributed by atoms with Crippen molar-refractivity contribution >= 4 is 6.21 Å². The molecule has 2 N–H and O–H groups in total. The van der Waals surface area contributed by atoms with E-state index in [0.29, 0.717) is 12.2 Å². The first-order valence-electron chi connectivity index (χ1n) is 4.48. The molecule has 1 heterocycles. The van der Waals surface area contributed by atoms with E-state index in [9.17, 15) is 5.11 Å². The fraction of sp³-hybridized carbons (Fsp3) is 0.300. The number of nitrogens with zero attached hydrogens (tertiary/aromatic N) is 1. The Hall–Kier alpha value is -1.71. The van der Waals surface area contributed by atoms with Crippen molar-refractivity contribution in [1.29, 1.82) is 0 Å². The zero-order valence-electron chi connectivity index (χ0n) is 7.60. The normalized spacial score (nSPS) is 15.1. The molecule has 0 bridgehead atoms. The summed E-state index contributed by atoms with van der Waals surface area (Å²) in [6.07, 6.45) is 3.00. The largest absolute Gasteiger partial charge is 0.507 e. The number of hydrogen-bond donors (Lipinski definition) is 2. The number of ether oxygens (including phenoxy) is 1. The fourth-order valence-electron chi connectivity index (χ4n) is 1.66. The molecule has 0 fully saturated rings. The molecular formula is C10H11NO3. The summed E-state index contributed by atoms with van der Waals surface area (Å²) < 4.78 is 5.41. The Bertz CT molecular complexity index is 374. The summed E-state index contributed by atoms with van der Waals surface area (Å²) >= 11 is 0. The van der Waals surface area contributed by atoms with Crippen LogP contribution in [0.3, 0.4) is 0 Å². The molecule has 74 valence electrons. The minimum Gasteiger partial charge on any atom is -0.507 e. The lowest BCUT2D eigenvalue weighted by molar-refractivity contribution is 0.287. The molecule has 1 aliphatic rings. The number of phenolic OH excluding ortho intramolecular Hbond substituents is 1. The number of benzene rings is 1. The van der Waals surface area contributed by atoms with Crippen LogP contribution < -0.4 is 4.74 Å². The standard InChI is InChI=1S/C10H11NO3/c12-9-3-4-10-7(2-1-5-14-10)8(9)6-11-13/h3-4,6,12-13H,1-2,5H2/b11-6+. The van der Waals surface area contributed by atoms with Crippen LogP contribution in [0.4, 0.5) is 0 Å². The lowest BCUT2D eigenvalue weighted by atomic mass is 10.00. The second-order valence-electron chi connectivity index (χ2n) is 3.17. The fourth-order valence-corrected chi connectivity index (χ4v) is 1.66. The molecule has 0 aliphatic carbocycles. The molecule has 0 unspecified atom stereocenters. The van der Waals surface area contributed by atoms with Gasteiger partial charge in [-0.05, 0) is 25.0 Å². The molecule has 4 nitrogen and oxygen atoms in total. The van der Waals surface area contributed by atoms with E-state index >= 15 is 0 Å². The number of oxime groups is 1. The van der Waals surface area contributed by atoms with Crippen LogP contribution in [-0.2, 0) is 6.42 Å². The molecular weight excluding hydrogens is 182 g/mol. The van der Waals surface area contributed by atoms with Gasteiger partial charge in [-0.15, -0.1) is 0 Å². The van der Waals surface area contributed by atoms with E-state index in [-0.39, 0.29) is 5.75 Å². The van der Waals surface area contributed by atoms with Crippen molar-refractivity contribution in [3.63, 3.8) is 0 Å². The molecule has 0 aromatic heterocycles. The van der Waals surface area contributed by atoms with Crippen molar-refractivity contribution in [1.82, 2.24) is 0 Å². The average Bonchev–Trinajstić information content (AvgIpc) is 2.23. The topological polar surface area (TPSA) is 62.1 Å². The molecule has 1 aliphatic heterocycles. The molecule has 1 aromatic rings. The van der Waals surface area contributed by atoms with E-state index < -0.39 is 0 Å².